The highest BCUT2D eigenvalue weighted by Crippen LogP contribution is 2.21. The number of nitrogens with one attached hydrogen (secondary N) is 1. The second-order valence-corrected chi connectivity index (χ2v) is 6.41. The minimum atomic E-state index is -0.118. The standard InChI is InChI=1S/C15H18N4OS/c1-4-10-13-15(20)17-14(11-6-5-7-21-11)18-19(13)12(16-10)8-9(2)3/h5-7,9H,4,8H2,1-3H3,(H,17,18,20). The highest BCUT2D eigenvalue weighted by Gasteiger charge is 2.17. The monoisotopic (exact) mass is 302 g/mol. The van der Waals surface area contributed by atoms with Crippen LogP contribution in [-0.2, 0) is 12.8 Å². The number of aromatic nitrogens is 4. The van der Waals surface area contributed by atoms with E-state index in [1.54, 1.807) is 15.9 Å². The Morgan fingerprint density at radius 3 is 2.86 bits per heavy atom. The summed E-state index contributed by atoms with van der Waals surface area (Å²) in [6.07, 6.45) is 1.53. The maximum absolute atomic E-state index is 12.4. The lowest BCUT2D eigenvalue weighted by atomic mass is 10.1. The van der Waals surface area contributed by atoms with Crippen molar-refractivity contribution >= 4 is 16.9 Å². The number of H-pyrrole nitrogens is 1. The first-order valence-corrected chi connectivity index (χ1v) is 8.02. The van der Waals surface area contributed by atoms with E-state index in [1.807, 2.05) is 24.4 Å². The van der Waals surface area contributed by atoms with E-state index < -0.39 is 0 Å². The molecule has 3 aromatic rings. The topological polar surface area (TPSA) is 63.1 Å². The molecule has 0 aliphatic carbocycles. The van der Waals surface area contributed by atoms with Crippen molar-refractivity contribution < 1.29 is 0 Å². The van der Waals surface area contributed by atoms with Gasteiger partial charge in [-0.25, -0.2) is 9.50 Å². The summed E-state index contributed by atoms with van der Waals surface area (Å²) >= 11 is 1.56. The van der Waals surface area contributed by atoms with Gasteiger partial charge in [0.15, 0.2) is 11.3 Å². The van der Waals surface area contributed by atoms with Gasteiger partial charge in [-0.1, -0.05) is 26.8 Å². The summed E-state index contributed by atoms with van der Waals surface area (Å²) in [5, 5.41) is 6.58. The quantitative estimate of drug-likeness (QED) is 0.806. The summed E-state index contributed by atoms with van der Waals surface area (Å²) in [5.74, 6) is 1.93. The zero-order chi connectivity index (χ0) is 15.0. The predicted octanol–water partition coefficient (Wildman–Crippen LogP) is 2.91. The first kappa shape index (κ1) is 14.0. The van der Waals surface area contributed by atoms with Crippen LogP contribution < -0.4 is 5.56 Å². The molecular formula is C15H18N4OS. The van der Waals surface area contributed by atoms with Crippen molar-refractivity contribution in [3.8, 4) is 10.7 Å². The summed E-state index contributed by atoms with van der Waals surface area (Å²) in [7, 11) is 0. The number of nitrogens with zero attached hydrogens (tertiary/aromatic N) is 3. The van der Waals surface area contributed by atoms with E-state index in [1.165, 1.54) is 0 Å². The normalized spacial score (nSPS) is 11.6. The number of fused-ring (bicyclic) bond motifs is 1. The Labute approximate surface area is 126 Å². The average Bonchev–Trinajstić information content (AvgIpc) is 3.06. The minimum absolute atomic E-state index is 0.118. The number of aryl methyl sites for hydroxylation is 1. The maximum atomic E-state index is 12.4. The molecule has 0 fully saturated rings. The molecule has 6 heteroatoms. The van der Waals surface area contributed by atoms with Crippen LogP contribution in [0.15, 0.2) is 22.3 Å². The van der Waals surface area contributed by atoms with Gasteiger partial charge < -0.3 is 4.98 Å². The predicted molar refractivity (Wildman–Crippen MR) is 84.8 cm³/mol. The third-order valence-electron chi connectivity index (χ3n) is 3.32. The molecule has 3 aromatic heterocycles. The molecule has 1 N–H and O–H groups in total. The third kappa shape index (κ3) is 2.51. The van der Waals surface area contributed by atoms with Crippen molar-refractivity contribution in [3.05, 3.63) is 39.4 Å². The van der Waals surface area contributed by atoms with Crippen LogP contribution in [0.4, 0.5) is 0 Å². The molecule has 21 heavy (non-hydrogen) atoms. The Morgan fingerprint density at radius 2 is 2.24 bits per heavy atom. The molecule has 0 radical (unpaired) electrons. The molecule has 3 heterocycles. The smallest absolute Gasteiger partial charge is 0.277 e. The third-order valence-corrected chi connectivity index (χ3v) is 4.20. The van der Waals surface area contributed by atoms with E-state index in [4.69, 9.17) is 0 Å². The molecule has 0 amide bonds. The lowest BCUT2D eigenvalue weighted by molar-refractivity contribution is 0.606. The lowest BCUT2D eigenvalue weighted by Gasteiger charge is -2.04. The van der Waals surface area contributed by atoms with Crippen molar-refractivity contribution in [2.75, 3.05) is 0 Å². The largest absolute Gasteiger partial charge is 0.303 e. The van der Waals surface area contributed by atoms with E-state index >= 15 is 0 Å². The highest BCUT2D eigenvalue weighted by molar-refractivity contribution is 7.13. The van der Waals surface area contributed by atoms with Crippen LogP contribution in [0.5, 0.6) is 0 Å². The fourth-order valence-corrected chi connectivity index (χ4v) is 3.07. The Hall–Kier alpha value is -1.95. The molecule has 0 saturated heterocycles. The zero-order valence-electron chi connectivity index (χ0n) is 12.4. The first-order chi connectivity index (χ1) is 10.1. The Kier molecular flexibility index (Phi) is 3.63. The Balaban J connectivity index is 2.26. The molecule has 0 atom stereocenters. The molecule has 110 valence electrons. The van der Waals surface area contributed by atoms with E-state index in [9.17, 15) is 4.79 Å². The molecule has 0 bridgehead atoms. The fourth-order valence-electron chi connectivity index (χ4n) is 2.40. The molecule has 3 rings (SSSR count). The second-order valence-electron chi connectivity index (χ2n) is 5.47. The summed E-state index contributed by atoms with van der Waals surface area (Å²) < 4.78 is 1.73. The van der Waals surface area contributed by atoms with Crippen LogP contribution in [0.3, 0.4) is 0 Å². The van der Waals surface area contributed by atoms with Gasteiger partial charge in [0.1, 0.15) is 5.82 Å². The number of hydrogen-bond donors (Lipinski definition) is 1. The second kappa shape index (κ2) is 5.44. The van der Waals surface area contributed by atoms with Gasteiger partial charge in [0.05, 0.1) is 10.6 Å². The summed E-state index contributed by atoms with van der Waals surface area (Å²) in [4.78, 5) is 20.9. The van der Waals surface area contributed by atoms with E-state index in [0.717, 1.165) is 29.2 Å². The fraction of sp³-hybridized carbons (Fsp3) is 0.400. The van der Waals surface area contributed by atoms with Gasteiger partial charge in [0.25, 0.3) is 5.56 Å². The number of thiophene rings is 1. The van der Waals surface area contributed by atoms with E-state index in [-0.39, 0.29) is 5.56 Å². The Bertz CT molecular complexity index is 814. The molecule has 5 nitrogen and oxygen atoms in total. The molecule has 0 spiro atoms. The molecule has 0 aliphatic heterocycles. The van der Waals surface area contributed by atoms with Crippen molar-refractivity contribution in [2.24, 2.45) is 5.92 Å². The molecule has 0 aromatic carbocycles. The van der Waals surface area contributed by atoms with Gasteiger partial charge in [-0.05, 0) is 23.8 Å². The number of imidazole rings is 1. The van der Waals surface area contributed by atoms with E-state index in [2.05, 4.69) is 28.9 Å². The van der Waals surface area contributed by atoms with Crippen molar-refractivity contribution in [3.63, 3.8) is 0 Å². The van der Waals surface area contributed by atoms with E-state index in [0.29, 0.717) is 17.3 Å². The van der Waals surface area contributed by atoms with Gasteiger partial charge in [-0.3, -0.25) is 4.79 Å². The minimum Gasteiger partial charge on any atom is -0.303 e. The lowest BCUT2D eigenvalue weighted by Crippen LogP contribution is -2.16. The van der Waals surface area contributed by atoms with Gasteiger partial charge >= 0.3 is 0 Å². The van der Waals surface area contributed by atoms with Crippen LogP contribution in [0.1, 0.15) is 32.3 Å². The first-order valence-electron chi connectivity index (χ1n) is 7.14. The van der Waals surface area contributed by atoms with Crippen LogP contribution in [-0.4, -0.2) is 19.6 Å². The molecule has 0 aliphatic rings. The van der Waals surface area contributed by atoms with Crippen molar-refractivity contribution in [1.29, 1.82) is 0 Å². The van der Waals surface area contributed by atoms with Gasteiger partial charge in [-0.15, -0.1) is 16.4 Å². The summed E-state index contributed by atoms with van der Waals surface area (Å²) in [6.45, 7) is 6.29. The number of hydrogen-bond acceptors (Lipinski definition) is 4. The summed E-state index contributed by atoms with van der Waals surface area (Å²) in [5.41, 5.74) is 1.28. The Morgan fingerprint density at radius 1 is 1.43 bits per heavy atom. The van der Waals surface area contributed by atoms with Crippen LogP contribution in [0.25, 0.3) is 16.2 Å². The SMILES string of the molecule is CCc1nc(CC(C)C)n2nc(-c3cccs3)[nH]c(=O)c12. The van der Waals surface area contributed by atoms with Gasteiger partial charge in [0.2, 0.25) is 0 Å². The molecular weight excluding hydrogens is 284 g/mol. The highest BCUT2D eigenvalue weighted by atomic mass is 32.1. The van der Waals surface area contributed by atoms with Crippen LogP contribution in [0, 0.1) is 5.92 Å². The number of rotatable bonds is 4. The summed E-state index contributed by atoms with van der Waals surface area (Å²) in [6, 6.07) is 3.90. The zero-order valence-corrected chi connectivity index (χ0v) is 13.2. The van der Waals surface area contributed by atoms with Crippen molar-refractivity contribution in [2.45, 2.75) is 33.6 Å². The maximum Gasteiger partial charge on any atom is 0.277 e. The molecule has 0 unspecified atom stereocenters. The van der Waals surface area contributed by atoms with Crippen LogP contribution in [0.2, 0.25) is 0 Å². The van der Waals surface area contributed by atoms with Crippen LogP contribution >= 0.6 is 11.3 Å². The average molecular weight is 302 g/mol. The van der Waals surface area contributed by atoms with Gasteiger partial charge in [-0.2, -0.15) is 0 Å². The van der Waals surface area contributed by atoms with Crippen molar-refractivity contribution in [1.82, 2.24) is 19.6 Å². The van der Waals surface area contributed by atoms with Gasteiger partial charge in [0, 0.05) is 6.42 Å². The number of aromatic amines is 1. The molecule has 0 saturated carbocycles.